The molecule has 12 heteroatoms. The highest BCUT2D eigenvalue weighted by atomic mass is 79.9. The van der Waals surface area contributed by atoms with Gasteiger partial charge in [0.2, 0.25) is 5.95 Å². The van der Waals surface area contributed by atoms with E-state index in [0.717, 1.165) is 18.3 Å². The summed E-state index contributed by atoms with van der Waals surface area (Å²) >= 11 is 4.75. The highest BCUT2D eigenvalue weighted by Gasteiger charge is 2.73. The van der Waals surface area contributed by atoms with Crippen molar-refractivity contribution in [1.29, 1.82) is 0 Å². The molecular weight excluding hydrogens is 526 g/mol. The van der Waals surface area contributed by atoms with E-state index in [1.54, 1.807) is 0 Å². The summed E-state index contributed by atoms with van der Waals surface area (Å²) in [6.45, 7) is 0. The molecule has 0 spiro atoms. The van der Waals surface area contributed by atoms with Crippen LogP contribution in [0.15, 0.2) is 38.2 Å². The first kappa shape index (κ1) is 21.4. The molecule has 2 aromatic rings. The van der Waals surface area contributed by atoms with Crippen LogP contribution in [0.2, 0.25) is 0 Å². The molecule has 0 aliphatic carbocycles. The summed E-state index contributed by atoms with van der Waals surface area (Å²) in [5.74, 6) is -7.44. The summed E-state index contributed by atoms with van der Waals surface area (Å²) in [6, 6.07) is 5.71. The second-order valence-electron chi connectivity index (χ2n) is 4.70. The van der Waals surface area contributed by atoms with Crippen molar-refractivity contribution in [2.24, 2.45) is 0 Å². The Labute approximate surface area is 162 Å². The molecule has 0 aliphatic heterocycles. The molecule has 1 aromatic carbocycles. The monoisotopic (exact) mass is 528 g/mol. The maximum absolute atomic E-state index is 13.9. The van der Waals surface area contributed by atoms with Crippen molar-refractivity contribution in [2.45, 2.75) is 22.2 Å². The number of benzene rings is 1. The number of pyridine rings is 1. The highest BCUT2D eigenvalue weighted by Crippen LogP contribution is 2.56. The summed E-state index contributed by atoms with van der Waals surface area (Å²) in [5, 5.41) is -5.56. The van der Waals surface area contributed by atoms with Gasteiger partial charge in [-0.25, -0.2) is 4.98 Å². The Bertz CT molecular complexity index is 825. The number of hydrogen-bond acceptors (Lipinski definition) is 2. The molecule has 1 heterocycles. The van der Waals surface area contributed by atoms with Crippen molar-refractivity contribution in [3.63, 3.8) is 0 Å². The van der Waals surface area contributed by atoms with Gasteiger partial charge in [-0.15, -0.1) is 0 Å². The smallest absolute Gasteiger partial charge is 0.228 e. The number of nitrogens with zero attached hydrogens (tertiary/aromatic N) is 1. The minimum Gasteiger partial charge on any atom is -0.228 e. The SMILES string of the molecule is Fc1ncccc1-c1c(Br)[c]c(Br)cc1SC(F)(F)C(F)(F)C(F)(F)F. The zero-order valence-corrected chi connectivity index (χ0v) is 15.9. The van der Waals surface area contributed by atoms with Crippen molar-refractivity contribution in [3.05, 3.63) is 45.4 Å². The zero-order chi connectivity index (χ0) is 19.9. The summed E-state index contributed by atoms with van der Waals surface area (Å²) in [7, 11) is 0. The quantitative estimate of drug-likeness (QED) is 0.238. The number of halogens is 10. The van der Waals surface area contributed by atoms with Crippen molar-refractivity contribution in [1.82, 2.24) is 4.98 Å². The fraction of sp³-hybridized carbons (Fsp3) is 0.214. The number of aromatic nitrogens is 1. The van der Waals surface area contributed by atoms with Crippen LogP contribution in [-0.4, -0.2) is 22.3 Å². The number of thioether (sulfide) groups is 1. The standard InChI is InChI=1S/C14H4Br2F8NS/c15-6-4-8(16)10(7-2-1-3-25-11(7)17)9(5-6)26-14(23,24)12(18,19)13(20,21)22/h1-3,5H. The van der Waals surface area contributed by atoms with Gasteiger partial charge in [-0.1, -0.05) is 15.9 Å². The average Bonchev–Trinajstić information content (AvgIpc) is 2.46. The highest BCUT2D eigenvalue weighted by molar-refractivity contribution is 9.11. The van der Waals surface area contributed by atoms with Crippen LogP contribution in [0.1, 0.15) is 0 Å². The Morgan fingerprint density at radius 1 is 1.04 bits per heavy atom. The van der Waals surface area contributed by atoms with Crippen LogP contribution < -0.4 is 0 Å². The van der Waals surface area contributed by atoms with E-state index in [1.165, 1.54) is 6.07 Å². The van der Waals surface area contributed by atoms with Crippen molar-refractivity contribution >= 4 is 43.6 Å². The molecule has 0 atom stereocenters. The molecule has 0 bridgehead atoms. The lowest BCUT2D eigenvalue weighted by atomic mass is 10.1. The third-order valence-corrected chi connectivity index (χ3v) is 5.02. The van der Waals surface area contributed by atoms with Crippen LogP contribution >= 0.6 is 43.6 Å². The van der Waals surface area contributed by atoms with Crippen LogP contribution in [0.25, 0.3) is 11.1 Å². The molecule has 0 N–H and O–H groups in total. The van der Waals surface area contributed by atoms with Gasteiger partial charge in [0.15, 0.2) is 0 Å². The van der Waals surface area contributed by atoms with E-state index in [9.17, 15) is 35.1 Å². The Hall–Kier alpha value is -0.880. The largest absolute Gasteiger partial charge is 0.460 e. The van der Waals surface area contributed by atoms with Gasteiger partial charge >= 0.3 is 17.4 Å². The van der Waals surface area contributed by atoms with Crippen LogP contribution in [0.4, 0.5) is 35.1 Å². The summed E-state index contributed by atoms with van der Waals surface area (Å²) in [5.41, 5.74) is -0.766. The topological polar surface area (TPSA) is 12.9 Å². The van der Waals surface area contributed by atoms with Gasteiger partial charge in [0.05, 0.1) is 0 Å². The predicted octanol–water partition coefficient (Wildman–Crippen LogP) is 7.10. The lowest BCUT2D eigenvalue weighted by Crippen LogP contribution is -2.49. The van der Waals surface area contributed by atoms with Crippen LogP contribution in [-0.2, 0) is 0 Å². The van der Waals surface area contributed by atoms with Crippen molar-refractivity contribution in [2.75, 3.05) is 0 Å². The average molecular weight is 530 g/mol. The molecule has 141 valence electrons. The van der Waals surface area contributed by atoms with E-state index in [0.29, 0.717) is 0 Å². The van der Waals surface area contributed by atoms with Gasteiger partial charge in [0.1, 0.15) is 0 Å². The van der Waals surface area contributed by atoms with Crippen molar-refractivity contribution < 1.29 is 35.1 Å². The Kier molecular flexibility index (Phi) is 5.99. The first-order valence-corrected chi connectivity index (χ1v) is 8.72. The normalized spacial score (nSPS) is 13.2. The summed E-state index contributed by atoms with van der Waals surface area (Å²) < 4.78 is 105. The van der Waals surface area contributed by atoms with Crippen LogP contribution in [0.5, 0.6) is 0 Å². The van der Waals surface area contributed by atoms with E-state index in [4.69, 9.17) is 0 Å². The molecule has 0 saturated carbocycles. The van der Waals surface area contributed by atoms with E-state index >= 15 is 0 Å². The molecule has 0 aliphatic rings. The van der Waals surface area contributed by atoms with E-state index < -0.39 is 40.0 Å². The molecule has 0 amide bonds. The summed E-state index contributed by atoms with van der Waals surface area (Å²) in [4.78, 5) is 2.57. The van der Waals surface area contributed by atoms with Gasteiger partial charge in [0, 0.05) is 37.2 Å². The third kappa shape index (κ3) is 4.01. The fourth-order valence-corrected chi connectivity index (χ4v) is 4.40. The second kappa shape index (κ2) is 7.27. The molecule has 0 saturated heterocycles. The molecule has 0 fully saturated rings. The fourth-order valence-electron chi connectivity index (χ4n) is 1.77. The van der Waals surface area contributed by atoms with Crippen LogP contribution in [0.3, 0.4) is 0 Å². The lowest BCUT2D eigenvalue weighted by Gasteiger charge is -2.28. The van der Waals surface area contributed by atoms with Gasteiger partial charge < -0.3 is 0 Å². The third-order valence-electron chi connectivity index (χ3n) is 2.94. The zero-order valence-electron chi connectivity index (χ0n) is 11.9. The number of alkyl halides is 7. The lowest BCUT2D eigenvalue weighted by molar-refractivity contribution is -0.330. The van der Waals surface area contributed by atoms with E-state index in [2.05, 4.69) is 42.9 Å². The molecule has 0 unspecified atom stereocenters. The van der Waals surface area contributed by atoms with E-state index in [1.807, 2.05) is 0 Å². The van der Waals surface area contributed by atoms with E-state index in [-0.39, 0.29) is 20.1 Å². The maximum atomic E-state index is 13.9. The first-order chi connectivity index (χ1) is 11.8. The minimum absolute atomic E-state index is 0.0222. The summed E-state index contributed by atoms with van der Waals surface area (Å²) in [6.07, 6.45) is -5.42. The Morgan fingerprint density at radius 3 is 2.19 bits per heavy atom. The molecule has 26 heavy (non-hydrogen) atoms. The first-order valence-electron chi connectivity index (χ1n) is 6.31. The molecule has 1 aromatic heterocycles. The Morgan fingerprint density at radius 2 is 1.65 bits per heavy atom. The second-order valence-corrected chi connectivity index (χ2v) is 7.51. The molecule has 1 radical (unpaired) electrons. The van der Waals surface area contributed by atoms with Crippen molar-refractivity contribution in [3.8, 4) is 11.1 Å². The van der Waals surface area contributed by atoms with Gasteiger partial charge in [0.25, 0.3) is 0 Å². The van der Waals surface area contributed by atoms with Crippen LogP contribution in [0, 0.1) is 12.0 Å². The predicted molar refractivity (Wildman–Crippen MR) is 85.7 cm³/mol. The maximum Gasteiger partial charge on any atom is 0.460 e. The molecule has 1 nitrogen and oxygen atoms in total. The van der Waals surface area contributed by atoms with Gasteiger partial charge in [-0.3, -0.25) is 0 Å². The van der Waals surface area contributed by atoms with Gasteiger partial charge in [-0.05, 0) is 45.9 Å². The van der Waals surface area contributed by atoms with Gasteiger partial charge in [-0.2, -0.15) is 35.1 Å². The Balaban J connectivity index is 2.63. The number of hydrogen-bond donors (Lipinski definition) is 0. The minimum atomic E-state index is -6.47. The molecule has 2 rings (SSSR count). The number of rotatable bonds is 4. The molecular formula is C14H4Br2F8NS.